The zero-order valence-corrected chi connectivity index (χ0v) is 8.97. The van der Waals surface area contributed by atoms with Crippen LogP contribution < -0.4 is 5.73 Å². The third-order valence-electron chi connectivity index (χ3n) is 0.924. The first-order valence-electron chi connectivity index (χ1n) is 2.61. The number of carbonyl (C=O) groups is 1. The van der Waals surface area contributed by atoms with Crippen LogP contribution >= 0.6 is 32.9 Å². The van der Waals surface area contributed by atoms with Crippen LogP contribution in [0.4, 0.5) is 0 Å². The van der Waals surface area contributed by atoms with E-state index >= 15 is 0 Å². The minimum Gasteiger partial charge on any atom is -0.468 e. The molecule has 0 bridgehead atoms. The molecule has 0 aliphatic heterocycles. The summed E-state index contributed by atoms with van der Waals surface area (Å²) in [6.45, 7) is 0. The van der Waals surface area contributed by atoms with Gasteiger partial charge in [-0.2, -0.15) is 0 Å². The number of rotatable bonds is 3. The molecule has 5 heteroatoms. The Bertz CT molecular complexity index is 99.6. The highest BCUT2D eigenvalue weighted by molar-refractivity contribution is 9.09. The molecular weight excluding hydrogens is 266 g/mol. The van der Waals surface area contributed by atoms with Gasteiger partial charge in [0.25, 0.3) is 0 Å². The van der Waals surface area contributed by atoms with Gasteiger partial charge in [0, 0.05) is 5.33 Å². The largest absolute Gasteiger partial charge is 0.468 e. The Morgan fingerprint density at radius 3 is 2.60 bits per heavy atom. The van der Waals surface area contributed by atoms with Crippen molar-refractivity contribution in [3.8, 4) is 0 Å². The molecule has 0 heterocycles. The van der Waals surface area contributed by atoms with Gasteiger partial charge in [0.05, 0.1) is 7.11 Å². The number of hydrogen-bond donors (Lipinski definition) is 1. The average molecular weight is 277 g/mol. The summed E-state index contributed by atoms with van der Waals surface area (Å²) in [6.07, 6.45) is 0.618. The van der Waals surface area contributed by atoms with Gasteiger partial charge >= 0.3 is 5.97 Å². The molecule has 0 spiro atoms. The van der Waals surface area contributed by atoms with Crippen LogP contribution in [-0.4, -0.2) is 24.5 Å². The lowest BCUT2D eigenvalue weighted by molar-refractivity contribution is -0.142. The molecule has 0 fully saturated rings. The maximum Gasteiger partial charge on any atom is 0.322 e. The van der Waals surface area contributed by atoms with Crippen LogP contribution in [0.2, 0.25) is 0 Å². The number of methoxy groups -OCH3 is 1. The summed E-state index contributed by atoms with van der Waals surface area (Å²) >= 11 is 3.16. The summed E-state index contributed by atoms with van der Waals surface area (Å²) in [4.78, 5) is 10.5. The van der Waals surface area contributed by atoms with Crippen molar-refractivity contribution in [1.29, 1.82) is 0 Å². The minimum absolute atomic E-state index is 0. The van der Waals surface area contributed by atoms with Crippen molar-refractivity contribution in [3.05, 3.63) is 0 Å². The SMILES string of the molecule is Br.COC(=O)[C@@H](N)CCBr. The van der Waals surface area contributed by atoms with Crippen molar-refractivity contribution in [2.24, 2.45) is 5.73 Å². The number of ether oxygens (including phenoxy) is 1. The first kappa shape index (κ1) is 13.0. The van der Waals surface area contributed by atoms with Crippen molar-refractivity contribution < 1.29 is 9.53 Å². The molecule has 0 aromatic heterocycles. The molecule has 0 aliphatic carbocycles. The van der Waals surface area contributed by atoms with Gasteiger partial charge in [-0.1, -0.05) is 15.9 Å². The second-order valence-electron chi connectivity index (χ2n) is 1.61. The fourth-order valence-electron chi connectivity index (χ4n) is 0.387. The molecule has 0 rings (SSSR count). The van der Waals surface area contributed by atoms with E-state index in [0.29, 0.717) is 6.42 Å². The first-order valence-corrected chi connectivity index (χ1v) is 3.74. The van der Waals surface area contributed by atoms with Gasteiger partial charge in [0.15, 0.2) is 0 Å². The van der Waals surface area contributed by atoms with Gasteiger partial charge in [-0.25, -0.2) is 0 Å². The van der Waals surface area contributed by atoms with Crippen LogP contribution in [-0.2, 0) is 9.53 Å². The van der Waals surface area contributed by atoms with Crippen molar-refractivity contribution in [2.45, 2.75) is 12.5 Å². The summed E-state index contributed by atoms with van der Waals surface area (Å²) in [6, 6.07) is -0.477. The number of halogens is 2. The molecule has 0 aromatic carbocycles. The van der Waals surface area contributed by atoms with Crippen molar-refractivity contribution in [1.82, 2.24) is 0 Å². The van der Waals surface area contributed by atoms with Crippen molar-refractivity contribution >= 4 is 38.9 Å². The molecular formula is C5H11Br2NO2. The van der Waals surface area contributed by atoms with Crippen LogP contribution in [0.1, 0.15) is 6.42 Å². The number of alkyl halides is 1. The average Bonchev–Trinajstić information content (AvgIpc) is 1.87. The highest BCUT2D eigenvalue weighted by Crippen LogP contribution is 1.94. The second-order valence-corrected chi connectivity index (χ2v) is 2.40. The smallest absolute Gasteiger partial charge is 0.322 e. The van der Waals surface area contributed by atoms with Crippen LogP contribution in [0.5, 0.6) is 0 Å². The van der Waals surface area contributed by atoms with Crippen molar-refractivity contribution in [2.75, 3.05) is 12.4 Å². The molecule has 62 valence electrons. The molecule has 1 atom stereocenters. The molecule has 0 aliphatic rings. The monoisotopic (exact) mass is 275 g/mol. The summed E-state index contributed by atoms with van der Waals surface area (Å²) in [5.74, 6) is -0.352. The second kappa shape index (κ2) is 7.50. The molecule has 0 unspecified atom stereocenters. The van der Waals surface area contributed by atoms with Gasteiger partial charge in [-0.05, 0) is 6.42 Å². The summed E-state index contributed by atoms with van der Waals surface area (Å²) in [5, 5.41) is 0.725. The van der Waals surface area contributed by atoms with Gasteiger partial charge in [0.2, 0.25) is 0 Å². The minimum atomic E-state index is -0.477. The van der Waals surface area contributed by atoms with E-state index in [-0.39, 0.29) is 23.0 Å². The predicted molar refractivity (Wildman–Crippen MR) is 48.7 cm³/mol. The molecule has 0 saturated carbocycles. The fraction of sp³-hybridized carbons (Fsp3) is 0.800. The zero-order chi connectivity index (χ0) is 7.28. The summed E-state index contributed by atoms with van der Waals surface area (Å²) in [7, 11) is 1.33. The standard InChI is InChI=1S/C5H10BrNO2.BrH/c1-9-5(8)4(7)2-3-6;/h4H,2-3,7H2,1H3;1H/t4-;/m0./s1. The zero-order valence-electron chi connectivity index (χ0n) is 5.67. The molecule has 10 heavy (non-hydrogen) atoms. The van der Waals surface area contributed by atoms with Gasteiger partial charge in [-0.3, -0.25) is 4.79 Å². The van der Waals surface area contributed by atoms with Gasteiger partial charge in [-0.15, -0.1) is 17.0 Å². The third kappa shape index (κ3) is 5.20. The summed E-state index contributed by atoms with van der Waals surface area (Å²) in [5.41, 5.74) is 5.33. The van der Waals surface area contributed by atoms with E-state index in [0.717, 1.165) is 5.33 Å². The Kier molecular flexibility index (Phi) is 9.76. The Labute approximate surface area is 79.2 Å². The molecule has 2 N–H and O–H groups in total. The highest BCUT2D eigenvalue weighted by atomic mass is 79.9. The first-order chi connectivity index (χ1) is 4.22. The van der Waals surface area contributed by atoms with E-state index in [1.165, 1.54) is 7.11 Å². The lowest BCUT2D eigenvalue weighted by Gasteiger charge is -2.04. The lowest BCUT2D eigenvalue weighted by atomic mass is 10.2. The van der Waals surface area contributed by atoms with E-state index in [2.05, 4.69) is 20.7 Å². The Balaban J connectivity index is 0. The van der Waals surface area contributed by atoms with Crippen molar-refractivity contribution in [3.63, 3.8) is 0 Å². The van der Waals surface area contributed by atoms with Crippen LogP contribution in [0, 0.1) is 0 Å². The normalized spacial score (nSPS) is 11.5. The van der Waals surface area contributed by atoms with Crippen LogP contribution in [0.25, 0.3) is 0 Å². The maximum atomic E-state index is 10.5. The fourth-order valence-corrected chi connectivity index (χ4v) is 0.880. The molecule has 0 aromatic rings. The number of esters is 1. The maximum absolute atomic E-state index is 10.5. The van der Waals surface area contributed by atoms with Crippen LogP contribution in [0.3, 0.4) is 0 Å². The Morgan fingerprint density at radius 2 is 2.30 bits per heavy atom. The van der Waals surface area contributed by atoms with E-state index in [4.69, 9.17) is 5.73 Å². The van der Waals surface area contributed by atoms with E-state index in [9.17, 15) is 4.79 Å². The molecule has 0 saturated heterocycles. The lowest BCUT2D eigenvalue weighted by Crippen LogP contribution is -2.31. The van der Waals surface area contributed by atoms with Gasteiger partial charge < -0.3 is 10.5 Å². The number of nitrogens with two attached hydrogens (primary N) is 1. The predicted octanol–water partition coefficient (Wildman–Crippen LogP) is 0.850. The summed E-state index contributed by atoms with van der Waals surface area (Å²) < 4.78 is 4.38. The third-order valence-corrected chi connectivity index (χ3v) is 1.38. The van der Waals surface area contributed by atoms with Gasteiger partial charge in [0.1, 0.15) is 6.04 Å². The number of hydrogen-bond acceptors (Lipinski definition) is 3. The quantitative estimate of drug-likeness (QED) is 0.614. The number of carbonyl (C=O) groups excluding carboxylic acids is 1. The van der Waals surface area contributed by atoms with E-state index < -0.39 is 6.04 Å². The van der Waals surface area contributed by atoms with Crippen LogP contribution in [0.15, 0.2) is 0 Å². The topological polar surface area (TPSA) is 52.3 Å². The van der Waals surface area contributed by atoms with E-state index in [1.807, 2.05) is 0 Å². The molecule has 3 nitrogen and oxygen atoms in total. The Morgan fingerprint density at radius 1 is 1.80 bits per heavy atom. The molecule has 0 amide bonds. The van der Waals surface area contributed by atoms with E-state index in [1.54, 1.807) is 0 Å². The Hall–Kier alpha value is 0.390. The highest BCUT2D eigenvalue weighted by Gasteiger charge is 2.11. The molecule has 0 radical (unpaired) electrons.